The predicted molar refractivity (Wildman–Crippen MR) is 76.6 cm³/mol. The fraction of sp³-hybridized carbons (Fsp3) is 0.533. The summed E-state index contributed by atoms with van der Waals surface area (Å²) in [4.78, 5) is 13.9. The number of anilines is 1. The summed E-state index contributed by atoms with van der Waals surface area (Å²) >= 11 is 0. The van der Waals surface area contributed by atoms with Crippen molar-refractivity contribution in [2.75, 3.05) is 25.5 Å². The van der Waals surface area contributed by atoms with Crippen molar-refractivity contribution in [2.45, 2.75) is 26.7 Å². The number of nitrogens with zero attached hydrogens (tertiary/aromatic N) is 1. The molecule has 3 nitrogen and oxygen atoms in total. The molecular formula is C15H23FN2O. The molecule has 1 N–H and O–H groups in total. The second-order valence-corrected chi connectivity index (χ2v) is 5.29. The third-order valence-corrected chi connectivity index (χ3v) is 2.92. The molecule has 0 radical (unpaired) electrons. The minimum atomic E-state index is -0.341. The Morgan fingerprint density at radius 2 is 2.11 bits per heavy atom. The minimum absolute atomic E-state index is 0.0815. The van der Waals surface area contributed by atoms with Crippen LogP contribution in [0.4, 0.5) is 10.1 Å². The maximum atomic E-state index is 12.9. The predicted octanol–water partition coefficient (Wildman–Crippen LogP) is 3.13. The molecule has 0 bridgehead atoms. The lowest BCUT2D eigenvalue weighted by Gasteiger charge is -2.17. The summed E-state index contributed by atoms with van der Waals surface area (Å²) in [5.41, 5.74) is 0.509. The van der Waals surface area contributed by atoms with Gasteiger partial charge in [0, 0.05) is 18.7 Å². The Bertz CT molecular complexity index is 407. The first kappa shape index (κ1) is 15.6. The molecule has 1 aromatic rings. The van der Waals surface area contributed by atoms with Gasteiger partial charge in [-0.1, -0.05) is 19.9 Å². The molecule has 0 unspecified atom stereocenters. The zero-order valence-corrected chi connectivity index (χ0v) is 11.9. The zero-order valence-electron chi connectivity index (χ0n) is 11.9. The fourth-order valence-corrected chi connectivity index (χ4v) is 1.67. The van der Waals surface area contributed by atoms with Crippen molar-refractivity contribution in [3.05, 3.63) is 30.1 Å². The molecule has 1 rings (SSSR count). The highest BCUT2D eigenvalue weighted by Gasteiger charge is 2.06. The van der Waals surface area contributed by atoms with E-state index in [-0.39, 0.29) is 11.7 Å². The van der Waals surface area contributed by atoms with Crippen LogP contribution in [0.5, 0.6) is 0 Å². The van der Waals surface area contributed by atoms with Gasteiger partial charge in [-0.2, -0.15) is 0 Å². The summed E-state index contributed by atoms with van der Waals surface area (Å²) in [6.45, 7) is 6.08. The second kappa shape index (κ2) is 7.89. The molecule has 19 heavy (non-hydrogen) atoms. The van der Waals surface area contributed by atoms with Gasteiger partial charge >= 0.3 is 0 Å². The van der Waals surface area contributed by atoms with Crippen molar-refractivity contribution in [3.63, 3.8) is 0 Å². The third kappa shape index (κ3) is 6.91. The second-order valence-electron chi connectivity index (χ2n) is 5.29. The first-order chi connectivity index (χ1) is 8.97. The van der Waals surface area contributed by atoms with E-state index in [0.29, 0.717) is 24.6 Å². The summed E-state index contributed by atoms with van der Waals surface area (Å²) < 4.78 is 12.9. The third-order valence-electron chi connectivity index (χ3n) is 2.92. The number of benzene rings is 1. The molecule has 0 aromatic heterocycles. The van der Waals surface area contributed by atoms with E-state index in [1.165, 1.54) is 12.1 Å². The molecule has 0 aliphatic carbocycles. The van der Waals surface area contributed by atoms with Gasteiger partial charge in [-0.05, 0) is 44.1 Å². The van der Waals surface area contributed by atoms with Crippen LogP contribution in [0.3, 0.4) is 0 Å². The monoisotopic (exact) mass is 266 g/mol. The number of hydrogen-bond donors (Lipinski definition) is 1. The number of carbonyl (C=O) groups excluding carboxylic acids is 1. The van der Waals surface area contributed by atoms with E-state index < -0.39 is 0 Å². The van der Waals surface area contributed by atoms with E-state index in [4.69, 9.17) is 0 Å². The van der Waals surface area contributed by atoms with Crippen molar-refractivity contribution in [1.82, 2.24) is 4.90 Å². The summed E-state index contributed by atoms with van der Waals surface area (Å²) in [6, 6.07) is 5.94. The summed E-state index contributed by atoms with van der Waals surface area (Å²) in [5, 5.41) is 2.70. The average Bonchev–Trinajstić information content (AvgIpc) is 2.34. The van der Waals surface area contributed by atoms with Crippen molar-refractivity contribution in [1.29, 1.82) is 0 Å². The summed E-state index contributed by atoms with van der Waals surface area (Å²) in [7, 11) is 2.01. The lowest BCUT2D eigenvalue weighted by atomic mass is 10.1. The van der Waals surface area contributed by atoms with E-state index in [1.54, 1.807) is 12.1 Å². The smallest absolute Gasteiger partial charge is 0.225 e. The van der Waals surface area contributed by atoms with E-state index in [0.717, 1.165) is 13.0 Å². The Balaban J connectivity index is 2.28. The number of hydrogen-bond acceptors (Lipinski definition) is 2. The molecule has 0 aliphatic heterocycles. The lowest BCUT2D eigenvalue weighted by molar-refractivity contribution is -0.116. The van der Waals surface area contributed by atoms with Crippen LogP contribution in [-0.4, -0.2) is 30.9 Å². The number of amides is 1. The standard InChI is InChI=1S/C15H23FN2O/c1-12(2)7-9-18(3)10-8-15(19)17-14-6-4-5-13(16)11-14/h4-6,11-12H,7-10H2,1-3H3,(H,17,19). The van der Waals surface area contributed by atoms with Gasteiger partial charge in [0.05, 0.1) is 0 Å². The average molecular weight is 266 g/mol. The molecule has 1 amide bonds. The van der Waals surface area contributed by atoms with E-state index in [1.807, 2.05) is 7.05 Å². The fourth-order valence-electron chi connectivity index (χ4n) is 1.67. The van der Waals surface area contributed by atoms with Gasteiger partial charge in [0.2, 0.25) is 5.91 Å². The van der Waals surface area contributed by atoms with Crippen LogP contribution in [0.25, 0.3) is 0 Å². The number of rotatable bonds is 7. The minimum Gasteiger partial charge on any atom is -0.326 e. The molecule has 1 aromatic carbocycles. The molecule has 0 saturated heterocycles. The maximum absolute atomic E-state index is 12.9. The van der Waals surface area contributed by atoms with Crippen LogP contribution < -0.4 is 5.32 Å². The number of nitrogens with one attached hydrogen (secondary N) is 1. The Hall–Kier alpha value is -1.42. The van der Waals surface area contributed by atoms with Gasteiger partial charge in [-0.25, -0.2) is 4.39 Å². The van der Waals surface area contributed by atoms with Crippen molar-refractivity contribution >= 4 is 11.6 Å². The van der Waals surface area contributed by atoms with Crippen LogP contribution in [0.1, 0.15) is 26.7 Å². The molecule has 0 atom stereocenters. The Labute approximate surface area is 114 Å². The van der Waals surface area contributed by atoms with Crippen LogP contribution in [0.15, 0.2) is 24.3 Å². The maximum Gasteiger partial charge on any atom is 0.225 e. The van der Waals surface area contributed by atoms with E-state index in [2.05, 4.69) is 24.1 Å². The quantitative estimate of drug-likeness (QED) is 0.822. The van der Waals surface area contributed by atoms with Gasteiger partial charge in [0.25, 0.3) is 0 Å². The molecule has 0 fully saturated rings. The van der Waals surface area contributed by atoms with E-state index in [9.17, 15) is 9.18 Å². The SMILES string of the molecule is CC(C)CCN(C)CCC(=O)Nc1cccc(F)c1. The summed E-state index contributed by atoms with van der Waals surface area (Å²) in [5.74, 6) is 0.248. The number of carbonyl (C=O) groups is 1. The highest BCUT2D eigenvalue weighted by Crippen LogP contribution is 2.09. The molecule has 106 valence electrons. The van der Waals surface area contributed by atoms with Gasteiger partial charge in [0.15, 0.2) is 0 Å². The highest BCUT2D eigenvalue weighted by atomic mass is 19.1. The van der Waals surface area contributed by atoms with Gasteiger partial charge in [-0.3, -0.25) is 4.79 Å². The Kier molecular flexibility index (Phi) is 6.50. The largest absolute Gasteiger partial charge is 0.326 e. The topological polar surface area (TPSA) is 32.3 Å². The zero-order chi connectivity index (χ0) is 14.3. The van der Waals surface area contributed by atoms with E-state index >= 15 is 0 Å². The molecule has 0 spiro atoms. The Morgan fingerprint density at radius 3 is 2.74 bits per heavy atom. The molecular weight excluding hydrogens is 243 g/mol. The molecule has 0 aliphatic rings. The van der Waals surface area contributed by atoms with Gasteiger partial charge in [0.1, 0.15) is 5.82 Å². The van der Waals surface area contributed by atoms with Crippen molar-refractivity contribution in [3.8, 4) is 0 Å². The summed E-state index contributed by atoms with van der Waals surface area (Å²) in [6.07, 6.45) is 1.55. The first-order valence-corrected chi connectivity index (χ1v) is 6.71. The highest BCUT2D eigenvalue weighted by molar-refractivity contribution is 5.90. The Morgan fingerprint density at radius 1 is 1.37 bits per heavy atom. The van der Waals surface area contributed by atoms with Crippen molar-refractivity contribution < 1.29 is 9.18 Å². The van der Waals surface area contributed by atoms with Gasteiger partial charge < -0.3 is 10.2 Å². The number of halogens is 1. The molecule has 0 heterocycles. The molecule has 4 heteroatoms. The van der Waals surface area contributed by atoms with Crippen molar-refractivity contribution in [2.24, 2.45) is 5.92 Å². The molecule has 0 saturated carbocycles. The van der Waals surface area contributed by atoms with Crippen LogP contribution >= 0.6 is 0 Å². The first-order valence-electron chi connectivity index (χ1n) is 6.71. The normalized spacial score (nSPS) is 11.1. The lowest BCUT2D eigenvalue weighted by Crippen LogP contribution is -2.26. The van der Waals surface area contributed by atoms with Crippen LogP contribution in [-0.2, 0) is 4.79 Å². The van der Waals surface area contributed by atoms with Gasteiger partial charge in [-0.15, -0.1) is 0 Å². The van der Waals surface area contributed by atoms with Crippen LogP contribution in [0, 0.1) is 11.7 Å². The van der Waals surface area contributed by atoms with Crippen LogP contribution in [0.2, 0.25) is 0 Å².